The van der Waals surface area contributed by atoms with E-state index in [0.717, 1.165) is 0 Å². The van der Waals surface area contributed by atoms with Crippen LogP contribution in [0.3, 0.4) is 0 Å². The van der Waals surface area contributed by atoms with Crippen LogP contribution >= 0.6 is 0 Å². The van der Waals surface area contributed by atoms with Crippen molar-refractivity contribution < 1.29 is 14.1 Å². The lowest BCUT2D eigenvalue weighted by atomic mass is 10.4. The van der Waals surface area contributed by atoms with Crippen LogP contribution in [0.2, 0.25) is 0 Å². The first kappa shape index (κ1) is 12.0. The lowest BCUT2D eigenvalue weighted by Gasteiger charge is -2.03. The summed E-state index contributed by atoms with van der Waals surface area (Å²) >= 11 is 0. The molecule has 94 valence electrons. The predicted molar refractivity (Wildman–Crippen MR) is 59.9 cm³/mol. The van der Waals surface area contributed by atoms with Crippen molar-refractivity contribution in [1.29, 1.82) is 0 Å². The van der Waals surface area contributed by atoms with Gasteiger partial charge < -0.3 is 14.6 Å². The molecule has 2 rings (SSSR count). The molecule has 0 atom stereocenters. The van der Waals surface area contributed by atoms with Crippen LogP contribution < -0.4 is 5.32 Å². The molecule has 0 saturated heterocycles. The molecule has 0 aliphatic rings. The summed E-state index contributed by atoms with van der Waals surface area (Å²) in [5, 5.41) is 6.51. The molecule has 0 amide bonds. The van der Waals surface area contributed by atoms with E-state index in [1.165, 1.54) is 25.8 Å². The molecule has 2 aromatic rings. The molecule has 0 radical (unpaired) electrons. The van der Waals surface area contributed by atoms with Crippen LogP contribution in [-0.4, -0.2) is 39.7 Å². The zero-order chi connectivity index (χ0) is 12.8. The topological polar surface area (TPSA) is 103 Å². The van der Waals surface area contributed by atoms with E-state index in [2.05, 4.69) is 30.2 Å². The molecule has 0 aliphatic carbocycles. The molecule has 0 saturated carbocycles. The van der Waals surface area contributed by atoms with E-state index in [0.29, 0.717) is 24.7 Å². The standard InChI is InChI=1S/C10H11N5O3/c1-17-10(16)7-4-13-8(5-12-7)11-3-2-9-14-6-15-18-9/h4-6H,2-3H2,1H3,(H,11,13). The van der Waals surface area contributed by atoms with Crippen LogP contribution in [0.1, 0.15) is 16.4 Å². The Kier molecular flexibility index (Phi) is 3.79. The highest BCUT2D eigenvalue weighted by Crippen LogP contribution is 2.02. The molecule has 0 aliphatic heterocycles. The van der Waals surface area contributed by atoms with E-state index < -0.39 is 5.97 Å². The minimum atomic E-state index is -0.514. The Morgan fingerprint density at radius 2 is 2.28 bits per heavy atom. The number of ether oxygens (including phenoxy) is 1. The zero-order valence-electron chi connectivity index (χ0n) is 9.66. The predicted octanol–water partition coefficient (Wildman–Crippen LogP) is 0.301. The van der Waals surface area contributed by atoms with E-state index in [1.807, 2.05) is 0 Å². The number of anilines is 1. The Hall–Kier alpha value is -2.51. The quantitative estimate of drug-likeness (QED) is 0.754. The van der Waals surface area contributed by atoms with Crippen LogP contribution in [0.5, 0.6) is 0 Å². The number of carbonyl (C=O) groups excluding carboxylic acids is 1. The average molecular weight is 249 g/mol. The van der Waals surface area contributed by atoms with Crippen LogP contribution in [0.25, 0.3) is 0 Å². The van der Waals surface area contributed by atoms with Crippen LogP contribution in [0.4, 0.5) is 5.82 Å². The molecule has 0 fully saturated rings. The molecule has 0 unspecified atom stereocenters. The monoisotopic (exact) mass is 249 g/mol. The zero-order valence-corrected chi connectivity index (χ0v) is 9.66. The Morgan fingerprint density at radius 1 is 1.39 bits per heavy atom. The van der Waals surface area contributed by atoms with Gasteiger partial charge in [-0.05, 0) is 0 Å². The number of aromatic nitrogens is 4. The number of hydrogen-bond acceptors (Lipinski definition) is 8. The molecule has 0 bridgehead atoms. The van der Waals surface area contributed by atoms with Crippen LogP contribution in [-0.2, 0) is 11.2 Å². The maximum absolute atomic E-state index is 11.1. The van der Waals surface area contributed by atoms with Gasteiger partial charge in [0, 0.05) is 13.0 Å². The molecular weight excluding hydrogens is 238 g/mol. The fourth-order valence-corrected chi connectivity index (χ4v) is 1.23. The van der Waals surface area contributed by atoms with Gasteiger partial charge in [0.1, 0.15) is 5.82 Å². The summed E-state index contributed by atoms with van der Waals surface area (Å²) in [4.78, 5) is 22.9. The van der Waals surface area contributed by atoms with Gasteiger partial charge in [-0.25, -0.2) is 14.8 Å². The number of nitrogens with one attached hydrogen (secondary N) is 1. The van der Waals surface area contributed by atoms with Crippen molar-refractivity contribution in [2.75, 3.05) is 19.0 Å². The first-order valence-electron chi connectivity index (χ1n) is 5.19. The molecular formula is C10H11N5O3. The summed E-state index contributed by atoms with van der Waals surface area (Å²) in [7, 11) is 1.29. The highest BCUT2D eigenvalue weighted by Gasteiger charge is 2.07. The summed E-state index contributed by atoms with van der Waals surface area (Å²) in [6.45, 7) is 0.578. The second kappa shape index (κ2) is 5.71. The number of nitrogens with zero attached hydrogens (tertiary/aromatic N) is 4. The first-order valence-corrected chi connectivity index (χ1v) is 5.19. The molecule has 18 heavy (non-hydrogen) atoms. The van der Waals surface area contributed by atoms with E-state index in [4.69, 9.17) is 4.52 Å². The van der Waals surface area contributed by atoms with Gasteiger partial charge >= 0.3 is 5.97 Å². The van der Waals surface area contributed by atoms with Crippen LogP contribution in [0.15, 0.2) is 23.2 Å². The molecule has 8 heteroatoms. The highest BCUT2D eigenvalue weighted by molar-refractivity contribution is 5.86. The van der Waals surface area contributed by atoms with E-state index in [-0.39, 0.29) is 5.69 Å². The lowest BCUT2D eigenvalue weighted by Crippen LogP contribution is -2.09. The molecule has 1 N–H and O–H groups in total. The van der Waals surface area contributed by atoms with Gasteiger partial charge in [0.15, 0.2) is 12.0 Å². The smallest absolute Gasteiger partial charge is 0.358 e. The van der Waals surface area contributed by atoms with Crippen molar-refractivity contribution >= 4 is 11.8 Å². The Morgan fingerprint density at radius 3 is 2.89 bits per heavy atom. The second-order valence-corrected chi connectivity index (χ2v) is 3.29. The van der Waals surface area contributed by atoms with Gasteiger partial charge in [-0.15, -0.1) is 0 Å². The van der Waals surface area contributed by atoms with Crippen molar-refractivity contribution in [1.82, 2.24) is 20.1 Å². The van der Waals surface area contributed by atoms with E-state index >= 15 is 0 Å². The Bertz CT molecular complexity index is 497. The minimum Gasteiger partial charge on any atom is -0.464 e. The summed E-state index contributed by atoms with van der Waals surface area (Å²) in [6, 6.07) is 0. The van der Waals surface area contributed by atoms with Crippen molar-refractivity contribution in [2.45, 2.75) is 6.42 Å². The lowest BCUT2D eigenvalue weighted by molar-refractivity contribution is 0.0593. The second-order valence-electron chi connectivity index (χ2n) is 3.29. The fraction of sp³-hybridized carbons (Fsp3) is 0.300. The average Bonchev–Trinajstić information content (AvgIpc) is 2.92. The van der Waals surface area contributed by atoms with Crippen LogP contribution in [0, 0.1) is 0 Å². The molecule has 8 nitrogen and oxygen atoms in total. The van der Waals surface area contributed by atoms with E-state index in [9.17, 15) is 4.79 Å². The first-order chi connectivity index (χ1) is 8.79. The van der Waals surface area contributed by atoms with Crippen molar-refractivity contribution in [3.63, 3.8) is 0 Å². The fourth-order valence-electron chi connectivity index (χ4n) is 1.23. The Balaban J connectivity index is 1.85. The number of esters is 1. The number of hydrogen-bond donors (Lipinski definition) is 1. The van der Waals surface area contributed by atoms with Gasteiger partial charge in [-0.1, -0.05) is 5.16 Å². The van der Waals surface area contributed by atoms with Gasteiger partial charge in [0.2, 0.25) is 5.89 Å². The van der Waals surface area contributed by atoms with Gasteiger partial charge in [-0.3, -0.25) is 0 Å². The third kappa shape index (κ3) is 3.00. The third-order valence-corrected chi connectivity index (χ3v) is 2.10. The number of carbonyl (C=O) groups is 1. The minimum absolute atomic E-state index is 0.167. The summed E-state index contributed by atoms with van der Waals surface area (Å²) in [5.74, 6) is 0.587. The molecule has 2 heterocycles. The maximum Gasteiger partial charge on any atom is 0.358 e. The number of rotatable bonds is 5. The molecule has 2 aromatic heterocycles. The summed E-state index contributed by atoms with van der Waals surface area (Å²) in [5.41, 5.74) is 0.167. The summed E-state index contributed by atoms with van der Waals surface area (Å²) in [6.07, 6.45) is 4.74. The van der Waals surface area contributed by atoms with Crippen molar-refractivity contribution in [3.8, 4) is 0 Å². The van der Waals surface area contributed by atoms with Gasteiger partial charge in [-0.2, -0.15) is 4.98 Å². The Labute approximate surface area is 102 Å². The highest BCUT2D eigenvalue weighted by atomic mass is 16.5. The van der Waals surface area contributed by atoms with E-state index in [1.54, 1.807) is 0 Å². The van der Waals surface area contributed by atoms with Crippen molar-refractivity contribution in [2.24, 2.45) is 0 Å². The maximum atomic E-state index is 11.1. The normalized spacial score (nSPS) is 10.1. The van der Waals surface area contributed by atoms with Gasteiger partial charge in [0.25, 0.3) is 0 Å². The van der Waals surface area contributed by atoms with Crippen molar-refractivity contribution in [3.05, 3.63) is 30.3 Å². The molecule has 0 aromatic carbocycles. The molecule has 0 spiro atoms. The van der Waals surface area contributed by atoms with Gasteiger partial charge in [0.05, 0.1) is 19.5 Å². The summed E-state index contributed by atoms with van der Waals surface area (Å²) < 4.78 is 9.36. The third-order valence-electron chi connectivity index (χ3n) is 2.10. The number of methoxy groups -OCH3 is 1. The SMILES string of the molecule is COC(=O)c1cnc(NCCc2ncno2)cn1. The largest absolute Gasteiger partial charge is 0.464 e.